The average molecular weight is 276 g/mol. The standard InChI is InChI=1S/C15H23F3O/c1-10-5-7-11(8-6-10)14(19)12-3-2-4-13(9-12)15(16,17)18/h10-13H,2-9H2,1H3. The molecule has 0 bridgehead atoms. The first-order valence-corrected chi connectivity index (χ1v) is 7.48. The van der Waals surface area contributed by atoms with Crippen LogP contribution in [0.2, 0.25) is 0 Å². The summed E-state index contributed by atoms with van der Waals surface area (Å²) in [6.45, 7) is 2.18. The van der Waals surface area contributed by atoms with Gasteiger partial charge in [-0.05, 0) is 38.0 Å². The van der Waals surface area contributed by atoms with E-state index in [-0.39, 0.29) is 30.5 Å². The topological polar surface area (TPSA) is 17.1 Å². The fourth-order valence-corrected chi connectivity index (χ4v) is 3.62. The molecule has 4 heteroatoms. The van der Waals surface area contributed by atoms with Crippen LogP contribution in [0.25, 0.3) is 0 Å². The van der Waals surface area contributed by atoms with Crippen molar-refractivity contribution in [1.82, 2.24) is 0 Å². The van der Waals surface area contributed by atoms with E-state index < -0.39 is 12.1 Å². The summed E-state index contributed by atoms with van der Waals surface area (Å²) in [5.41, 5.74) is 0. The summed E-state index contributed by atoms with van der Waals surface area (Å²) >= 11 is 0. The largest absolute Gasteiger partial charge is 0.391 e. The summed E-state index contributed by atoms with van der Waals surface area (Å²) in [5, 5.41) is 0. The van der Waals surface area contributed by atoms with E-state index in [1.807, 2.05) is 0 Å². The number of halogens is 3. The summed E-state index contributed by atoms with van der Waals surface area (Å²) < 4.78 is 38.3. The van der Waals surface area contributed by atoms with Crippen LogP contribution in [0.15, 0.2) is 0 Å². The molecule has 0 amide bonds. The van der Waals surface area contributed by atoms with Crippen LogP contribution < -0.4 is 0 Å². The molecule has 0 radical (unpaired) electrons. The zero-order chi connectivity index (χ0) is 14.0. The molecular weight excluding hydrogens is 253 g/mol. The van der Waals surface area contributed by atoms with E-state index in [1.165, 1.54) is 0 Å². The highest BCUT2D eigenvalue weighted by Gasteiger charge is 2.44. The molecule has 1 nitrogen and oxygen atoms in total. The first-order chi connectivity index (χ1) is 8.88. The van der Waals surface area contributed by atoms with E-state index in [9.17, 15) is 18.0 Å². The van der Waals surface area contributed by atoms with Crippen LogP contribution in [0, 0.1) is 23.7 Å². The van der Waals surface area contributed by atoms with Crippen LogP contribution in [0.3, 0.4) is 0 Å². The van der Waals surface area contributed by atoms with Gasteiger partial charge in [-0.3, -0.25) is 4.79 Å². The number of hydrogen-bond donors (Lipinski definition) is 0. The molecule has 2 aliphatic carbocycles. The molecule has 110 valence electrons. The first kappa shape index (κ1) is 14.9. The highest BCUT2D eigenvalue weighted by molar-refractivity contribution is 5.83. The van der Waals surface area contributed by atoms with Crippen molar-refractivity contribution in [2.75, 3.05) is 0 Å². The van der Waals surface area contributed by atoms with E-state index in [0.717, 1.165) is 25.7 Å². The van der Waals surface area contributed by atoms with Gasteiger partial charge in [0.15, 0.2) is 0 Å². The zero-order valence-corrected chi connectivity index (χ0v) is 11.5. The molecule has 2 atom stereocenters. The van der Waals surface area contributed by atoms with Gasteiger partial charge in [0.1, 0.15) is 5.78 Å². The Kier molecular flexibility index (Phi) is 4.57. The Balaban J connectivity index is 1.92. The predicted octanol–water partition coefficient (Wildman–Crippen LogP) is 4.75. The van der Waals surface area contributed by atoms with Gasteiger partial charge >= 0.3 is 6.18 Å². The second-order valence-corrected chi connectivity index (χ2v) is 6.46. The SMILES string of the molecule is CC1CCC(C(=O)C2CCCC(C(F)(F)F)C2)CC1. The number of carbonyl (C=O) groups is 1. The Labute approximate surface area is 112 Å². The van der Waals surface area contributed by atoms with Gasteiger partial charge in [0.05, 0.1) is 5.92 Å². The minimum atomic E-state index is -4.12. The van der Waals surface area contributed by atoms with Crippen LogP contribution >= 0.6 is 0 Å². The van der Waals surface area contributed by atoms with Gasteiger partial charge in [0.2, 0.25) is 0 Å². The van der Waals surface area contributed by atoms with Gasteiger partial charge in [-0.25, -0.2) is 0 Å². The second-order valence-electron chi connectivity index (χ2n) is 6.46. The number of carbonyl (C=O) groups excluding carboxylic acids is 1. The maximum Gasteiger partial charge on any atom is 0.391 e. The first-order valence-electron chi connectivity index (χ1n) is 7.48. The van der Waals surface area contributed by atoms with Crippen molar-refractivity contribution in [3.05, 3.63) is 0 Å². The van der Waals surface area contributed by atoms with Crippen LogP contribution in [-0.4, -0.2) is 12.0 Å². The van der Waals surface area contributed by atoms with Gasteiger partial charge in [-0.2, -0.15) is 13.2 Å². The lowest BCUT2D eigenvalue weighted by atomic mass is 9.72. The molecule has 0 aliphatic heterocycles. The maximum absolute atomic E-state index is 12.8. The van der Waals surface area contributed by atoms with Crippen molar-refractivity contribution in [1.29, 1.82) is 0 Å². The quantitative estimate of drug-likeness (QED) is 0.711. The van der Waals surface area contributed by atoms with E-state index in [2.05, 4.69) is 6.92 Å². The third-order valence-electron chi connectivity index (χ3n) is 4.96. The van der Waals surface area contributed by atoms with Gasteiger partial charge in [0, 0.05) is 11.8 Å². The average Bonchev–Trinajstić information content (AvgIpc) is 2.38. The second kappa shape index (κ2) is 5.84. The highest BCUT2D eigenvalue weighted by atomic mass is 19.4. The van der Waals surface area contributed by atoms with E-state index >= 15 is 0 Å². The molecule has 2 aliphatic rings. The Morgan fingerprint density at radius 1 is 0.947 bits per heavy atom. The molecular formula is C15H23F3O. The summed E-state index contributed by atoms with van der Waals surface area (Å²) in [5.74, 6) is -0.760. The maximum atomic E-state index is 12.8. The Morgan fingerprint density at radius 2 is 1.58 bits per heavy atom. The van der Waals surface area contributed by atoms with Crippen molar-refractivity contribution in [2.24, 2.45) is 23.7 Å². The summed E-state index contributed by atoms with van der Waals surface area (Å²) in [4.78, 5) is 12.4. The summed E-state index contributed by atoms with van der Waals surface area (Å²) in [7, 11) is 0. The molecule has 2 saturated carbocycles. The van der Waals surface area contributed by atoms with Crippen molar-refractivity contribution >= 4 is 5.78 Å². The molecule has 2 unspecified atom stereocenters. The van der Waals surface area contributed by atoms with Crippen molar-refractivity contribution in [3.63, 3.8) is 0 Å². The number of Topliss-reactive ketones (excluding diaryl/α,β-unsaturated/α-hetero) is 1. The Hall–Kier alpha value is -0.540. The number of ketones is 1. The van der Waals surface area contributed by atoms with Gasteiger partial charge in [-0.15, -0.1) is 0 Å². The molecule has 0 N–H and O–H groups in total. The molecule has 0 saturated heterocycles. The third kappa shape index (κ3) is 3.73. The molecule has 19 heavy (non-hydrogen) atoms. The van der Waals surface area contributed by atoms with E-state index in [0.29, 0.717) is 18.8 Å². The lowest BCUT2D eigenvalue weighted by molar-refractivity contribution is -0.186. The molecule has 0 spiro atoms. The molecule has 0 heterocycles. The number of rotatable bonds is 2. The minimum absolute atomic E-state index is 0.0354. The van der Waals surface area contributed by atoms with Gasteiger partial charge in [0.25, 0.3) is 0 Å². The molecule has 0 aromatic heterocycles. The highest BCUT2D eigenvalue weighted by Crippen LogP contribution is 2.42. The van der Waals surface area contributed by atoms with E-state index in [4.69, 9.17) is 0 Å². The zero-order valence-electron chi connectivity index (χ0n) is 11.5. The molecule has 2 fully saturated rings. The van der Waals surface area contributed by atoms with Gasteiger partial charge in [-0.1, -0.05) is 26.2 Å². The fraction of sp³-hybridized carbons (Fsp3) is 0.933. The molecule has 0 aromatic carbocycles. The van der Waals surface area contributed by atoms with Gasteiger partial charge < -0.3 is 0 Å². The number of hydrogen-bond acceptors (Lipinski definition) is 1. The predicted molar refractivity (Wildman–Crippen MR) is 67.6 cm³/mol. The monoisotopic (exact) mass is 276 g/mol. The molecule has 0 aromatic rings. The third-order valence-corrected chi connectivity index (χ3v) is 4.96. The molecule has 2 rings (SSSR count). The summed E-state index contributed by atoms with van der Waals surface area (Å²) in [6.07, 6.45) is 1.18. The lowest BCUT2D eigenvalue weighted by Crippen LogP contribution is -2.35. The minimum Gasteiger partial charge on any atom is -0.299 e. The smallest absolute Gasteiger partial charge is 0.299 e. The van der Waals surface area contributed by atoms with Crippen molar-refractivity contribution in [3.8, 4) is 0 Å². The Morgan fingerprint density at radius 3 is 2.16 bits per heavy atom. The lowest BCUT2D eigenvalue weighted by Gasteiger charge is -2.33. The van der Waals surface area contributed by atoms with Crippen LogP contribution in [0.5, 0.6) is 0 Å². The normalized spacial score (nSPS) is 37.1. The van der Waals surface area contributed by atoms with Crippen molar-refractivity contribution < 1.29 is 18.0 Å². The van der Waals surface area contributed by atoms with E-state index in [1.54, 1.807) is 0 Å². The van der Waals surface area contributed by atoms with Crippen LogP contribution in [0.1, 0.15) is 58.3 Å². The number of alkyl halides is 3. The van der Waals surface area contributed by atoms with Crippen LogP contribution in [0.4, 0.5) is 13.2 Å². The Bertz CT molecular complexity index is 316. The fourth-order valence-electron chi connectivity index (χ4n) is 3.62. The summed E-state index contributed by atoms with van der Waals surface area (Å²) in [6, 6.07) is 0. The van der Waals surface area contributed by atoms with Crippen LogP contribution in [-0.2, 0) is 4.79 Å². The van der Waals surface area contributed by atoms with Crippen molar-refractivity contribution in [2.45, 2.75) is 64.5 Å².